The van der Waals surface area contributed by atoms with Gasteiger partial charge in [0.1, 0.15) is 4.32 Å². The Balaban J connectivity index is 2.03. The van der Waals surface area contributed by atoms with Crippen molar-refractivity contribution in [1.29, 1.82) is 0 Å². The van der Waals surface area contributed by atoms with Crippen molar-refractivity contribution in [3.05, 3.63) is 34.7 Å². The number of unbranched alkanes of at least 4 members (excludes halogenated alkanes) is 2. The van der Waals surface area contributed by atoms with E-state index in [2.05, 4.69) is 12.2 Å². The number of amides is 2. The monoisotopic (exact) mass is 332 g/mol. The molecule has 1 N–H and O–H groups in total. The van der Waals surface area contributed by atoms with Crippen molar-refractivity contribution in [2.24, 2.45) is 0 Å². The van der Waals surface area contributed by atoms with Crippen molar-refractivity contribution in [3.8, 4) is 0 Å². The van der Waals surface area contributed by atoms with Crippen LogP contribution in [0.25, 0.3) is 5.57 Å². The second-order valence-electron chi connectivity index (χ2n) is 5.23. The van der Waals surface area contributed by atoms with Crippen LogP contribution < -0.4 is 10.2 Å². The number of carbonyl (C=O) groups excluding carboxylic acids is 2. The van der Waals surface area contributed by atoms with E-state index in [1.54, 1.807) is 4.90 Å². The van der Waals surface area contributed by atoms with E-state index < -0.39 is 0 Å². The third-order valence-electron chi connectivity index (χ3n) is 3.75. The van der Waals surface area contributed by atoms with Gasteiger partial charge in [-0.3, -0.25) is 9.59 Å². The number of anilines is 1. The van der Waals surface area contributed by atoms with Crippen LogP contribution in [-0.4, -0.2) is 22.7 Å². The Morgan fingerprint density at radius 2 is 2.00 bits per heavy atom. The number of thioether (sulfide) groups is 1. The fourth-order valence-electron chi connectivity index (χ4n) is 2.72. The van der Waals surface area contributed by atoms with Crippen molar-refractivity contribution in [2.45, 2.75) is 26.2 Å². The van der Waals surface area contributed by atoms with Crippen LogP contribution in [-0.2, 0) is 9.59 Å². The normalized spacial score (nSPS) is 20.6. The number of hydrogen-bond acceptors (Lipinski definition) is 4. The highest BCUT2D eigenvalue weighted by atomic mass is 32.2. The van der Waals surface area contributed by atoms with E-state index in [-0.39, 0.29) is 11.8 Å². The van der Waals surface area contributed by atoms with Gasteiger partial charge in [0.25, 0.3) is 11.8 Å². The molecule has 0 spiro atoms. The van der Waals surface area contributed by atoms with Crippen LogP contribution in [0, 0.1) is 0 Å². The molecule has 1 aromatic rings. The molecule has 1 aromatic carbocycles. The molecule has 4 nitrogen and oxygen atoms in total. The Bertz CT molecular complexity index is 697. The lowest BCUT2D eigenvalue weighted by atomic mass is 10.1. The highest BCUT2D eigenvalue weighted by Crippen LogP contribution is 2.42. The number of nitrogens with zero attached hydrogens (tertiary/aromatic N) is 1. The summed E-state index contributed by atoms with van der Waals surface area (Å²) in [5.41, 5.74) is 2.19. The first kappa shape index (κ1) is 15.2. The molecule has 2 heterocycles. The molecule has 2 amide bonds. The number of para-hydroxylation sites is 1. The van der Waals surface area contributed by atoms with Crippen molar-refractivity contribution >= 4 is 51.4 Å². The number of thiocarbonyl (C=S) groups is 1. The van der Waals surface area contributed by atoms with Crippen molar-refractivity contribution in [1.82, 2.24) is 5.32 Å². The van der Waals surface area contributed by atoms with Gasteiger partial charge < -0.3 is 10.2 Å². The zero-order valence-corrected chi connectivity index (χ0v) is 13.9. The molecule has 3 rings (SSSR count). The topological polar surface area (TPSA) is 49.4 Å². The van der Waals surface area contributed by atoms with Gasteiger partial charge in [-0.2, -0.15) is 0 Å². The lowest BCUT2D eigenvalue weighted by Gasteiger charge is -2.16. The number of hydrogen-bond donors (Lipinski definition) is 1. The van der Waals surface area contributed by atoms with Crippen LogP contribution in [0.5, 0.6) is 0 Å². The third kappa shape index (κ3) is 2.57. The summed E-state index contributed by atoms with van der Waals surface area (Å²) in [6, 6.07) is 7.63. The minimum absolute atomic E-state index is 0.0975. The van der Waals surface area contributed by atoms with Crippen LogP contribution in [0.2, 0.25) is 0 Å². The summed E-state index contributed by atoms with van der Waals surface area (Å²) in [5.74, 6) is -0.372. The predicted molar refractivity (Wildman–Crippen MR) is 93.6 cm³/mol. The summed E-state index contributed by atoms with van der Waals surface area (Å²) < 4.78 is 0.405. The molecular weight excluding hydrogens is 316 g/mol. The largest absolute Gasteiger partial charge is 0.308 e. The maximum absolute atomic E-state index is 12.8. The summed E-state index contributed by atoms with van der Waals surface area (Å²) in [6.45, 7) is 2.81. The summed E-state index contributed by atoms with van der Waals surface area (Å²) in [4.78, 5) is 27.1. The quantitative estimate of drug-likeness (QED) is 0.523. The zero-order valence-electron chi connectivity index (χ0n) is 12.2. The number of carbonyl (C=O) groups is 2. The van der Waals surface area contributed by atoms with Gasteiger partial charge in [0, 0.05) is 12.1 Å². The van der Waals surface area contributed by atoms with Gasteiger partial charge in [-0.1, -0.05) is 61.9 Å². The molecule has 0 unspecified atom stereocenters. The summed E-state index contributed by atoms with van der Waals surface area (Å²) in [6.07, 6.45) is 3.14. The molecule has 0 aliphatic carbocycles. The molecule has 0 bridgehead atoms. The summed E-state index contributed by atoms with van der Waals surface area (Å²) in [7, 11) is 0. The van der Waals surface area contributed by atoms with E-state index in [4.69, 9.17) is 12.2 Å². The highest BCUT2D eigenvalue weighted by molar-refractivity contribution is 8.27. The van der Waals surface area contributed by atoms with E-state index >= 15 is 0 Å². The summed E-state index contributed by atoms with van der Waals surface area (Å²) >= 11 is 6.20. The fourth-order valence-corrected chi connectivity index (χ4v) is 3.83. The van der Waals surface area contributed by atoms with Gasteiger partial charge in [-0.05, 0) is 12.5 Å². The Kier molecular flexibility index (Phi) is 4.31. The van der Waals surface area contributed by atoms with Crippen molar-refractivity contribution < 1.29 is 9.59 Å². The van der Waals surface area contributed by atoms with Crippen LogP contribution >= 0.6 is 24.0 Å². The number of fused-ring (bicyclic) bond motifs is 1. The Morgan fingerprint density at radius 1 is 1.23 bits per heavy atom. The molecule has 1 saturated heterocycles. The van der Waals surface area contributed by atoms with E-state index in [0.717, 1.165) is 30.5 Å². The van der Waals surface area contributed by atoms with Gasteiger partial charge in [0.15, 0.2) is 0 Å². The molecule has 6 heteroatoms. The standard InChI is InChI=1S/C16H16N2O2S2/c1-2-3-6-9-18-11-8-5-4-7-10(11)12(15(18)20)13-14(19)17-16(21)22-13/h4-5,7-8H,2-3,6,9H2,1H3,(H,17,19,21)/b13-12+. The number of benzene rings is 1. The van der Waals surface area contributed by atoms with Crippen molar-refractivity contribution in [2.75, 3.05) is 11.4 Å². The molecular formula is C16H16N2O2S2. The van der Waals surface area contributed by atoms with Gasteiger partial charge in [0.2, 0.25) is 0 Å². The second kappa shape index (κ2) is 6.22. The first-order valence-electron chi connectivity index (χ1n) is 7.32. The van der Waals surface area contributed by atoms with E-state index in [9.17, 15) is 9.59 Å². The SMILES string of the molecule is CCCCCN1C(=O)/C(=C2/SC(=S)NC2=O)c2ccccc21. The molecule has 1 fully saturated rings. The maximum Gasteiger partial charge on any atom is 0.264 e. The van der Waals surface area contributed by atoms with E-state index in [0.29, 0.717) is 21.3 Å². The number of rotatable bonds is 4. The first-order chi connectivity index (χ1) is 10.6. The Morgan fingerprint density at radius 3 is 2.68 bits per heavy atom. The molecule has 0 radical (unpaired) electrons. The lowest BCUT2D eigenvalue weighted by Crippen LogP contribution is -2.28. The second-order valence-corrected chi connectivity index (χ2v) is 6.92. The number of nitrogens with one attached hydrogen (secondary N) is 1. The third-order valence-corrected chi connectivity index (χ3v) is 4.99. The molecule has 22 heavy (non-hydrogen) atoms. The molecule has 114 valence electrons. The van der Waals surface area contributed by atoms with Crippen molar-refractivity contribution in [3.63, 3.8) is 0 Å². The van der Waals surface area contributed by atoms with E-state index in [1.165, 1.54) is 11.8 Å². The van der Waals surface area contributed by atoms with Gasteiger partial charge in [-0.25, -0.2) is 0 Å². The average Bonchev–Trinajstić information content (AvgIpc) is 2.96. The van der Waals surface area contributed by atoms with Crippen LogP contribution in [0.3, 0.4) is 0 Å². The average molecular weight is 332 g/mol. The molecule has 0 atom stereocenters. The van der Waals surface area contributed by atoms with Crippen LogP contribution in [0.1, 0.15) is 31.7 Å². The predicted octanol–water partition coefficient (Wildman–Crippen LogP) is 3.08. The van der Waals surface area contributed by atoms with Gasteiger partial charge >= 0.3 is 0 Å². The summed E-state index contributed by atoms with van der Waals surface area (Å²) in [5, 5.41) is 2.59. The Labute approximate surface area is 138 Å². The lowest BCUT2D eigenvalue weighted by molar-refractivity contribution is -0.116. The molecule has 0 saturated carbocycles. The van der Waals surface area contributed by atoms with Crippen LogP contribution in [0.15, 0.2) is 29.2 Å². The van der Waals surface area contributed by atoms with Crippen LogP contribution in [0.4, 0.5) is 5.69 Å². The molecule has 0 aromatic heterocycles. The fraction of sp³-hybridized carbons (Fsp3) is 0.312. The van der Waals surface area contributed by atoms with E-state index in [1.807, 2.05) is 24.3 Å². The van der Waals surface area contributed by atoms with Gasteiger partial charge in [-0.15, -0.1) is 0 Å². The highest BCUT2D eigenvalue weighted by Gasteiger charge is 2.38. The minimum atomic E-state index is -0.274. The maximum atomic E-state index is 12.8. The molecule has 2 aliphatic heterocycles. The van der Waals surface area contributed by atoms with Gasteiger partial charge in [0.05, 0.1) is 16.2 Å². The first-order valence-corrected chi connectivity index (χ1v) is 8.54. The zero-order chi connectivity index (χ0) is 15.7. The molecule has 2 aliphatic rings. The smallest absolute Gasteiger partial charge is 0.264 e. The Hall–Kier alpha value is -1.66. The minimum Gasteiger partial charge on any atom is -0.308 e.